The number of hydrogen-bond acceptors (Lipinski definition) is 6. The summed E-state index contributed by atoms with van der Waals surface area (Å²) in [7, 11) is 0. The number of aromatic nitrogens is 2. The van der Waals surface area contributed by atoms with Crippen LogP contribution < -0.4 is 5.32 Å². The summed E-state index contributed by atoms with van der Waals surface area (Å²) in [5.74, 6) is -0.795. The molecule has 0 amide bonds. The van der Waals surface area contributed by atoms with Gasteiger partial charge in [0.05, 0.1) is 5.04 Å². The Kier molecular flexibility index (Phi) is 6.25. The Balaban J connectivity index is 1.77. The monoisotopic (exact) mass is 472 g/mol. The molecule has 2 heterocycles. The van der Waals surface area contributed by atoms with E-state index in [9.17, 15) is 8.78 Å². The first-order valence-electron chi connectivity index (χ1n) is 9.91. The Labute approximate surface area is 193 Å². The van der Waals surface area contributed by atoms with Gasteiger partial charge in [-0.15, -0.1) is 10.2 Å². The number of nitrogens with zero attached hydrogens (tertiary/aromatic N) is 5. The van der Waals surface area contributed by atoms with Crippen molar-refractivity contribution in [2.45, 2.75) is 40.0 Å². The number of hydrazone groups is 1. The van der Waals surface area contributed by atoms with Crippen LogP contribution in [0.2, 0.25) is 0 Å². The van der Waals surface area contributed by atoms with Gasteiger partial charge in [0.25, 0.3) is 0 Å². The van der Waals surface area contributed by atoms with Crippen molar-refractivity contribution in [2.24, 2.45) is 10.1 Å². The van der Waals surface area contributed by atoms with Crippen molar-refractivity contribution in [3.05, 3.63) is 69.2 Å². The average Bonchev–Trinajstić information content (AvgIpc) is 3.33. The maximum absolute atomic E-state index is 14.3. The maximum atomic E-state index is 14.3. The van der Waals surface area contributed by atoms with Gasteiger partial charge in [0.1, 0.15) is 22.0 Å². The van der Waals surface area contributed by atoms with E-state index in [1.165, 1.54) is 47.7 Å². The first-order valence-corrected chi connectivity index (χ1v) is 11.6. The lowest BCUT2D eigenvalue weighted by Gasteiger charge is -2.25. The highest BCUT2D eigenvalue weighted by Crippen LogP contribution is 2.41. The Morgan fingerprint density at radius 2 is 1.72 bits per heavy atom. The number of benzene rings is 2. The summed E-state index contributed by atoms with van der Waals surface area (Å²) < 4.78 is 28.7. The van der Waals surface area contributed by atoms with E-state index in [2.05, 4.69) is 25.6 Å². The van der Waals surface area contributed by atoms with Gasteiger partial charge in [0.15, 0.2) is 0 Å². The summed E-state index contributed by atoms with van der Waals surface area (Å²) in [6.07, 6.45) is 0. The molecule has 6 nitrogen and oxygen atoms in total. The topological polar surface area (TPSA) is 65.8 Å². The van der Waals surface area contributed by atoms with Gasteiger partial charge in [-0.25, -0.2) is 13.8 Å². The Morgan fingerprint density at radius 3 is 2.34 bits per heavy atom. The molecule has 4 rings (SSSR count). The van der Waals surface area contributed by atoms with Crippen molar-refractivity contribution in [3.63, 3.8) is 0 Å². The Hall–Kier alpha value is -2.85. The lowest BCUT2D eigenvalue weighted by molar-refractivity contribution is 0.434. The number of hydrogen-bond donors (Lipinski definition) is 1. The highest BCUT2D eigenvalue weighted by atomic mass is 32.2. The van der Waals surface area contributed by atoms with E-state index in [1.807, 2.05) is 45.9 Å². The molecule has 0 aliphatic carbocycles. The molecule has 2 aromatic carbocycles. The molecule has 0 bridgehead atoms. The number of rotatable bonds is 3. The smallest absolute Gasteiger partial charge is 0.234 e. The highest BCUT2D eigenvalue weighted by Gasteiger charge is 2.32. The van der Waals surface area contributed by atoms with Crippen LogP contribution in [0.3, 0.4) is 0 Å². The van der Waals surface area contributed by atoms with Crippen molar-refractivity contribution < 1.29 is 8.78 Å². The number of nitrogens with one attached hydrogen (secondary N) is 1. The number of aryl methyl sites for hydroxylation is 3. The minimum Gasteiger partial charge on any atom is -0.324 e. The molecule has 1 atom stereocenters. The SMILES string of the molecule is CC1=NN(/C(=N/c2nnc(C)s2)Nc2ccc(C)c(C)c2)C(c2cc(F)c(C)c(F)c2)S1. The first-order chi connectivity index (χ1) is 15.2. The predicted octanol–water partition coefficient (Wildman–Crippen LogP) is 6.23. The van der Waals surface area contributed by atoms with E-state index in [0.717, 1.165) is 21.3 Å². The molecule has 1 unspecified atom stereocenters. The average molecular weight is 473 g/mol. The third-order valence-corrected chi connectivity index (χ3v) is 6.89. The Bertz CT molecular complexity index is 1210. The molecular weight excluding hydrogens is 450 g/mol. The number of halogens is 2. The van der Waals surface area contributed by atoms with E-state index in [1.54, 1.807) is 5.01 Å². The van der Waals surface area contributed by atoms with E-state index >= 15 is 0 Å². The van der Waals surface area contributed by atoms with Crippen molar-refractivity contribution in [1.29, 1.82) is 0 Å². The van der Waals surface area contributed by atoms with Crippen LogP contribution in [0.15, 0.2) is 40.4 Å². The maximum Gasteiger partial charge on any atom is 0.234 e. The Morgan fingerprint density at radius 1 is 1.00 bits per heavy atom. The summed E-state index contributed by atoms with van der Waals surface area (Å²) in [4.78, 5) is 4.65. The largest absolute Gasteiger partial charge is 0.324 e. The zero-order chi connectivity index (χ0) is 23.0. The molecular formula is C22H22F2N6S2. The molecule has 166 valence electrons. The summed E-state index contributed by atoms with van der Waals surface area (Å²) in [5, 5.41) is 19.2. The van der Waals surface area contributed by atoms with Gasteiger partial charge in [0.2, 0.25) is 11.1 Å². The van der Waals surface area contributed by atoms with E-state index < -0.39 is 17.0 Å². The zero-order valence-corrected chi connectivity index (χ0v) is 19.9. The molecule has 1 N–H and O–H groups in total. The minimum atomic E-state index is -0.592. The molecule has 0 radical (unpaired) electrons. The van der Waals surface area contributed by atoms with Crippen molar-refractivity contribution in [1.82, 2.24) is 15.2 Å². The molecule has 0 fully saturated rings. The van der Waals surface area contributed by atoms with Crippen molar-refractivity contribution >= 4 is 44.9 Å². The van der Waals surface area contributed by atoms with Crippen molar-refractivity contribution in [2.75, 3.05) is 5.32 Å². The lowest BCUT2D eigenvalue weighted by Crippen LogP contribution is -2.32. The predicted molar refractivity (Wildman–Crippen MR) is 128 cm³/mol. The normalized spacial score (nSPS) is 16.5. The van der Waals surface area contributed by atoms with Crippen LogP contribution in [0.25, 0.3) is 0 Å². The highest BCUT2D eigenvalue weighted by molar-refractivity contribution is 8.14. The second-order valence-corrected chi connectivity index (χ2v) is 9.94. The first kappa shape index (κ1) is 22.3. The van der Waals surface area contributed by atoms with Gasteiger partial charge in [-0.05, 0) is 75.6 Å². The fraction of sp³-hybridized carbons (Fsp3) is 0.273. The van der Waals surface area contributed by atoms with Gasteiger partial charge in [0, 0.05) is 11.3 Å². The number of aliphatic imine (C=N–C) groups is 1. The summed E-state index contributed by atoms with van der Waals surface area (Å²) in [6, 6.07) is 8.67. The van der Waals surface area contributed by atoms with Crippen LogP contribution in [0.1, 0.15) is 39.6 Å². The lowest BCUT2D eigenvalue weighted by atomic mass is 10.1. The number of thioether (sulfide) groups is 1. The second-order valence-electron chi connectivity index (χ2n) is 7.51. The molecule has 0 spiro atoms. The van der Waals surface area contributed by atoms with E-state index in [0.29, 0.717) is 16.7 Å². The molecule has 0 saturated carbocycles. The number of anilines is 1. The quantitative estimate of drug-likeness (QED) is 0.362. The van der Waals surface area contributed by atoms with Crippen LogP contribution >= 0.6 is 23.1 Å². The van der Waals surface area contributed by atoms with Gasteiger partial charge >= 0.3 is 0 Å². The molecule has 0 saturated heterocycles. The van der Waals surface area contributed by atoms with Crippen LogP contribution in [0.4, 0.5) is 19.6 Å². The second kappa shape index (κ2) is 8.95. The van der Waals surface area contributed by atoms with E-state index in [4.69, 9.17) is 0 Å². The molecule has 32 heavy (non-hydrogen) atoms. The van der Waals surface area contributed by atoms with Crippen LogP contribution in [0, 0.1) is 39.3 Å². The van der Waals surface area contributed by atoms with Gasteiger partial charge in [-0.3, -0.25) is 0 Å². The van der Waals surface area contributed by atoms with Gasteiger partial charge < -0.3 is 5.32 Å². The molecule has 1 aliphatic heterocycles. The molecule has 10 heteroatoms. The standard InChI is InChI=1S/C22H22F2N6S2/c1-11-6-7-17(8-12(11)2)25-21(26-22-28-27-14(4)32-22)30-20(31-15(5)29-30)16-9-18(23)13(3)19(24)10-16/h6-10,20H,1-5H3,(H,25,26,28). The zero-order valence-electron chi connectivity index (χ0n) is 18.3. The minimum absolute atomic E-state index is 0.00702. The fourth-order valence-electron chi connectivity index (χ4n) is 3.12. The van der Waals surface area contributed by atoms with Crippen molar-refractivity contribution in [3.8, 4) is 0 Å². The summed E-state index contributed by atoms with van der Waals surface area (Å²) >= 11 is 2.74. The van der Waals surface area contributed by atoms with Crippen LogP contribution in [-0.2, 0) is 0 Å². The van der Waals surface area contributed by atoms with Crippen LogP contribution in [0.5, 0.6) is 0 Å². The van der Waals surface area contributed by atoms with Crippen LogP contribution in [-0.4, -0.2) is 26.2 Å². The number of guanidine groups is 1. The third kappa shape index (κ3) is 4.66. The molecule has 1 aromatic heterocycles. The van der Waals surface area contributed by atoms with E-state index in [-0.39, 0.29) is 5.56 Å². The third-order valence-electron chi connectivity index (χ3n) is 5.04. The summed E-state index contributed by atoms with van der Waals surface area (Å²) in [6.45, 7) is 9.18. The van der Waals surface area contributed by atoms with Gasteiger partial charge in [-0.1, -0.05) is 29.2 Å². The summed E-state index contributed by atoms with van der Waals surface area (Å²) in [5.41, 5.74) is 3.56. The molecule has 1 aliphatic rings. The van der Waals surface area contributed by atoms with Gasteiger partial charge in [-0.2, -0.15) is 10.1 Å². The fourth-order valence-corrected chi connectivity index (χ4v) is 4.66. The molecule has 3 aromatic rings.